The molecule has 0 aliphatic carbocycles. The molecule has 0 spiro atoms. The second kappa shape index (κ2) is 3.93. The Morgan fingerprint density at radius 2 is 2.00 bits per heavy atom. The molecule has 13 heavy (non-hydrogen) atoms. The maximum atomic E-state index is 4.01. The maximum absolute atomic E-state index is 4.01. The number of piperidine rings is 1. The second-order valence-electron chi connectivity index (χ2n) is 3.83. The van der Waals surface area contributed by atoms with Gasteiger partial charge in [0.2, 0.25) is 0 Å². The van der Waals surface area contributed by atoms with E-state index in [4.69, 9.17) is 0 Å². The van der Waals surface area contributed by atoms with Crippen molar-refractivity contribution in [3.63, 3.8) is 0 Å². The normalized spacial score (nSPS) is 24.5. The lowest BCUT2D eigenvalue weighted by atomic mass is 9.91. The number of hydrogen-bond donors (Lipinski definition) is 0. The largest absolute Gasteiger partial charge is 0.459 e. The molecule has 1 aromatic carbocycles. The first kappa shape index (κ1) is 8.76. The van der Waals surface area contributed by atoms with Crippen LogP contribution in [0.1, 0.15) is 24.3 Å². The zero-order valence-electron chi connectivity index (χ0n) is 7.95. The molecule has 70 valence electrons. The first-order chi connectivity index (χ1) is 6.36. The Labute approximate surface area is 80.4 Å². The number of benzene rings is 1. The average molecular weight is 174 g/mol. The smallest absolute Gasteiger partial charge is 0.00578 e. The van der Waals surface area contributed by atoms with Gasteiger partial charge in [-0.1, -0.05) is 30.3 Å². The topological polar surface area (TPSA) is 3.24 Å². The number of rotatable bonds is 1. The predicted octanol–water partition coefficient (Wildman–Crippen LogP) is 2.66. The third-order valence-corrected chi connectivity index (χ3v) is 2.78. The summed E-state index contributed by atoms with van der Waals surface area (Å²) in [6.07, 6.45) is 2.60. The summed E-state index contributed by atoms with van der Waals surface area (Å²) >= 11 is 0. The molecule has 0 bridgehead atoms. The molecular weight excluding hydrogens is 158 g/mol. The zero-order valence-corrected chi connectivity index (χ0v) is 7.95. The summed E-state index contributed by atoms with van der Waals surface area (Å²) in [5, 5.41) is 0. The molecule has 1 aliphatic rings. The lowest BCUT2D eigenvalue weighted by Gasteiger charge is -2.35. The van der Waals surface area contributed by atoms with Crippen molar-refractivity contribution in [2.45, 2.75) is 18.8 Å². The van der Waals surface area contributed by atoms with Gasteiger partial charge in [0.05, 0.1) is 0 Å². The highest BCUT2D eigenvalue weighted by Crippen LogP contribution is 2.25. The highest BCUT2D eigenvalue weighted by molar-refractivity contribution is 5.20. The lowest BCUT2D eigenvalue weighted by molar-refractivity contribution is 0.276. The zero-order chi connectivity index (χ0) is 9.10. The molecule has 0 amide bonds. The van der Waals surface area contributed by atoms with E-state index in [9.17, 15) is 0 Å². The van der Waals surface area contributed by atoms with Gasteiger partial charge < -0.3 is 4.90 Å². The van der Waals surface area contributed by atoms with Crippen LogP contribution < -0.4 is 0 Å². The predicted molar refractivity (Wildman–Crippen MR) is 55.3 cm³/mol. The summed E-state index contributed by atoms with van der Waals surface area (Å²) in [4.78, 5) is 2.18. The van der Waals surface area contributed by atoms with Crippen molar-refractivity contribution < 1.29 is 0 Å². The van der Waals surface area contributed by atoms with Gasteiger partial charge in [-0.25, -0.2) is 0 Å². The quantitative estimate of drug-likeness (QED) is 0.592. The van der Waals surface area contributed by atoms with Gasteiger partial charge in [-0.05, 0) is 37.4 Å². The Bertz CT molecular complexity index is 255. The van der Waals surface area contributed by atoms with Crippen molar-refractivity contribution >= 4 is 0 Å². The van der Waals surface area contributed by atoms with Crippen molar-refractivity contribution in [3.8, 4) is 0 Å². The Kier molecular flexibility index (Phi) is 2.65. The minimum atomic E-state index is 0.701. The molecule has 1 saturated heterocycles. The molecule has 0 radical (unpaired) electrons. The molecule has 1 aliphatic heterocycles. The molecule has 0 N–H and O–H groups in total. The molecule has 0 aromatic heterocycles. The summed E-state index contributed by atoms with van der Waals surface area (Å²) in [5.74, 6) is 0.701. The molecule has 1 unspecified atom stereocenters. The van der Waals surface area contributed by atoms with Gasteiger partial charge in [0, 0.05) is 0 Å². The van der Waals surface area contributed by atoms with E-state index in [2.05, 4.69) is 42.3 Å². The summed E-state index contributed by atoms with van der Waals surface area (Å²) < 4.78 is 0. The Morgan fingerprint density at radius 1 is 1.23 bits per heavy atom. The molecule has 1 heteroatoms. The van der Waals surface area contributed by atoms with Crippen LogP contribution in [-0.4, -0.2) is 18.0 Å². The van der Waals surface area contributed by atoms with Gasteiger partial charge in [-0.15, -0.1) is 0 Å². The van der Waals surface area contributed by atoms with Crippen LogP contribution >= 0.6 is 0 Å². The van der Waals surface area contributed by atoms with Crippen molar-refractivity contribution in [2.75, 3.05) is 13.1 Å². The van der Waals surface area contributed by atoms with E-state index in [-0.39, 0.29) is 0 Å². The minimum absolute atomic E-state index is 0.701. The fraction of sp³-hybridized carbons (Fsp3) is 0.417. The van der Waals surface area contributed by atoms with Crippen LogP contribution in [0.25, 0.3) is 0 Å². The SMILES string of the molecule is [CH2-]N1CCCC(c2ccccc2)C1. The standard InChI is InChI=1S/C12H16N/c1-13-9-5-8-12(10-13)11-6-3-2-4-7-11/h2-4,6-7,12H,1,5,8-10H2/q-1. The maximum Gasteiger partial charge on any atom is -0.00578 e. The van der Waals surface area contributed by atoms with E-state index in [1.165, 1.54) is 18.4 Å². The van der Waals surface area contributed by atoms with E-state index < -0.39 is 0 Å². The number of hydrogen-bond acceptors (Lipinski definition) is 1. The highest BCUT2D eigenvalue weighted by Gasteiger charge is 2.15. The van der Waals surface area contributed by atoms with Crippen LogP contribution in [0.15, 0.2) is 30.3 Å². The van der Waals surface area contributed by atoms with E-state index in [0.29, 0.717) is 5.92 Å². The number of nitrogens with zero attached hydrogens (tertiary/aromatic N) is 1. The molecule has 2 rings (SSSR count). The average Bonchev–Trinajstić information content (AvgIpc) is 2.19. The molecule has 1 fully saturated rings. The van der Waals surface area contributed by atoms with Crippen LogP contribution in [0.3, 0.4) is 0 Å². The molecule has 1 nitrogen and oxygen atoms in total. The summed E-state index contributed by atoms with van der Waals surface area (Å²) in [6, 6.07) is 10.8. The van der Waals surface area contributed by atoms with Crippen LogP contribution in [0.4, 0.5) is 0 Å². The monoisotopic (exact) mass is 174 g/mol. The fourth-order valence-corrected chi connectivity index (χ4v) is 2.05. The van der Waals surface area contributed by atoms with E-state index in [0.717, 1.165) is 13.1 Å². The van der Waals surface area contributed by atoms with Gasteiger partial charge in [0.25, 0.3) is 0 Å². The summed E-state index contributed by atoms with van der Waals surface area (Å²) in [6.45, 7) is 2.27. The van der Waals surface area contributed by atoms with Crippen LogP contribution in [0.5, 0.6) is 0 Å². The third kappa shape index (κ3) is 2.10. The van der Waals surface area contributed by atoms with Gasteiger partial charge in [-0.3, -0.25) is 7.05 Å². The Balaban J connectivity index is 2.08. The minimum Gasteiger partial charge on any atom is -0.459 e. The lowest BCUT2D eigenvalue weighted by Crippen LogP contribution is -2.29. The molecule has 1 atom stereocenters. The van der Waals surface area contributed by atoms with Crippen molar-refractivity contribution in [3.05, 3.63) is 42.9 Å². The van der Waals surface area contributed by atoms with Crippen molar-refractivity contribution in [1.29, 1.82) is 0 Å². The molecule has 1 aromatic rings. The van der Waals surface area contributed by atoms with Crippen molar-refractivity contribution in [1.82, 2.24) is 4.90 Å². The summed E-state index contributed by atoms with van der Waals surface area (Å²) in [7, 11) is 4.01. The van der Waals surface area contributed by atoms with Gasteiger partial charge >= 0.3 is 0 Å². The van der Waals surface area contributed by atoms with Crippen LogP contribution in [0, 0.1) is 7.05 Å². The first-order valence-electron chi connectivity index (χ1n) is 4.96. The molecule has 1 heterocycles. The highest BCUT2D eigenvalue weighted by atomic mass is 15.1. The Morgan fingerprint density at radius 3 is 2.69 bits per heavy atom. The van der Waals surface area contributed by atoms with Gasteiger partial charge in [0.15, 0.2) is 0 Å². The Hall–Kier alpha value is -0.820. The van der Waals surface area contributed by atoms with Gasteiger partial charge in [-0.2, -0.15) is 0 Å². The van der Waals surface area contributed by atoms with E-state index in [1.807, 2.05) is 0 Å². The third-order valence-electron chi connectivity index (χ3n) is 2.78. The fourth-order valence-electron chi connectivity index (χ4n) is 2.05. The molecule has 0 saturated carbocycles. The molecular formula is C12H16N-. The van der Waals surface area contributed by atoms with E-state index in [1.54, 1.807) is 0 Å². The van der Waals surface area contributed by atoms with Crippen LogP contribution in [0.2, 0.25) is 0 Å². The van der Waals surface area contributed by atoms with Crippen LogP contribution in [-0.2, 0) is 0 Å². The number of likely N-dealkylation sites (tertiary alicyclic amines) is 1. The second-order valence-corrected chi connectivity index (χ2v) is 3.83. The summed E-state index contributed by atoms with van der Waals surface area (Å²) in [5.41, 5.74) is 1.47. The van der Waals surface area contributed by atoms with Gasteiger partial charge in [0.1, 0.15) is 0 Å². The first-order valence-corrected chi connectivity index (χ1v) is 4.96. The van der Waals surface area contributed by atoms with Crippen molar-refractivity contribution in [2.24, 2.45) is 0 Å². The van der Waals surface area contributed by atoms with E-state index >= 15 is 0 Å².